The second kappa shape index (κ2) is 8.34. The van der Waals surface area contributed by atoms with Crippen LogP contribution in [-0.2, 0) is 6.42 Å². The van der Waals surface area contributed by atoms with Gasteiger partial charge in [0.1, 0.15) is 5.75 Å². The van der Waals surface area contributed by atoms with E-state index in [2.05, 4.69) is 6.07 Å². The molecule has 3 nitrogen and oxygen atoms in total. The molecule has 0 atom stereocenters. The van der Waals surface area contributed by atoms with E-state index in [1.165, 1.54) is 0 Å². The molecule has 0 unspecified atom stereocenters. The van der Waals surface area contributed by atoms with Crippen LogP contribution in [0.2, 0.25) is 0 Å². The van der Waals surface area contributed by atoms with E-state index in [9.17, 15) is 0 Å². The molecule has 0 aromatic heterocycles. The highest BCUT2D eigenvalue weighted by atomic mass is 16.5. The fourth-order valence-electron chi connectivity index (χ4n) is 1.66. The zero-order valence-corrected chi connectivity index (χ0v) is 11.6. The van der Waals surface area contributed by atoms with Crippen LogP contribution >= 0.6 is 0 Å². The quantitative estimate of drug-likeness (QED) is 0.786. The molecule has 0 fully saturated rings. The Morgan fingerprint density at radius 2 is 1.35 bits per heavy atom. The first-order chi connectivity index (χ1) is 9.81. The fraction of sp³-hybridized carbons (Fsp3) is 0.176. The first-order valence-corrected chi connectivity index (χ1v) is 6.46. The Labute approximate surface area is 119 Å². The van der Waals surface area contributed by atoms with E-state index in [1.807, 2.05) is 50.2 Å². The van der Waals surface area contributed by atoms with Crippen molar-refractivity contribution in [3.05, 3.63) is 65.2 Å². The number of hydrogen-bond donors (Lipinski definition) is 0. The smallest absolute Gasteiger partial charge is 0.292 e. The van der Waals surface area contributed by atoms with Crippen LogP contribution in [0.3, 0.4) is 0 Å². The van der Waals surface area contributed by atoms with Crippen LogP contribution in [-0.4, -0.2) is 0 Å². The van der Waals surface area contributed by atoms with Crippen molar-refractivity contribution in [2.24, 2.45) is 0 Å². The van der Waals surface area contributed by atoms with Gasteiger partial charge in [-0.05, 0) is 41.8 Å². The molecule has 0 aliphatic heterocycles. The summed E-state index contributed by atoms with van der Waals surface area (Å²) in [6.07, 6.45) is 2.43. The topological polar surface area (TPSA) is 56.8 Å². The first kappa shape index (κ1) is 15.3. The minimum absolute atomic E-state index is 0.543. The monoisotopic (exact) mass is 264 g/mol. The molecule has 0 saturated heterocycles. The Morgan fingerprint density at radius 1 is 0.850 bits per heavy atom. The number of ether oxygens (including phenoxy) is 1. The van der Waals surface area contributed by atoms with Gasteiger partial charge < -0.3 is 4.74 Å². The number of hydrogen-bond acceptors (Lipinski definition) is 3. The molecule has 100 valence electrons. The van der Waals surface area contributed by atoms with Crippen molar-refractivity contribution in [1.82, 2.24) is 0 Å². The highest BCUT2D eigenvalue weighted by Crippen LogP contribution is 2.15. The lowest BCUT2D eigenvalue weighted by Gasteiger charge is -2.03. The van der Waals surface area contributed by atoms with Crippen molar-refractivity contribution < 1.29 is 4.74 Å². The third-order valence-corrected chi connectivity index (χ3v) is 2.58. The summed E-state index contributed by atoms with van der Waals surface area (Å²) >= 11 is 0. The summed E-state index contributed by atoms with van der Waals surface area (Å²) in [5.74, 6) is 0.543. The third-order valence-electron chi connectivity index (χ3n) is 2.58. The van der Waals surface area contributed by atoms with E-state index in [-0.39, 0.29) is 0 Å². The van der Waals surface area contributed by atoms with Crippen LogP contribution in [0.5, 0.6) is 5.75 Å². The molecule has 0 aliphatic rings. The lowest BCUT2D eigenvalue weighted by Crippen LogP contribution is -1.89. The van der Waals surface area contributed by atoms with Crippen LogP contribution in [0.25, 0.3) is 0 Å². The van der Waals surface area contributed by atoms with Crippen molar-refractivity contribution in [2.75, 3.05) is 0 Å². The molecule has 2 aromatic carbocycles. The zero-order valence-electron chi connectivity index (χ0n) is 11.6. The molecule has 0 aliphatic carbocycles. The Hall–Kier alpha value is -2.78. The minimum Gasteiger partial charge on any atom is -0.388 e. The van der Waals surface area contributed by atoms with Gasteiger partial charge in [0, 0.05) is 0 Å². The lowest BCUT2D eigenvalue weighted by molar-refractivity contribution is 0.507. The minimum atomic E-state index is 0.543. The van der Waals surface area contributed by atoms with Gasteiger partial charge in [0.2, 0.25) is 0 Å². The van der Waals surface area contributed by atoms with Crippen molar-refractivity contribution in [1.29, 1.82) is 10.5 Å². The largest absolute Gasteiger partial charge is 0.388 e. The Balaban J connectivity index is 0.000000956. The summed E-state index contributed by atoms with van der Waals surface area (Å²) in [5.41, 5.74) is 2.93. The van der Waals surface area contributed by atoms with Crippen molar-refractivity contribution in [3.63, 3.8) is 0 Å². The first-order valence-electron chi connectivity index (χ1n) is 6.46. The predicted molar refractivity (Wildman–Crippen MR) is 78.0 cm³/mol. The maximum Gasteiger partial charge on any atom is 0.292 e. The van der Waals surface area contributed by atoms with Crippen LogP contribution in [0.4, 0.5) is 0 Å². The van der Waals surface area contributed by atoms with E-state index >= 15 is 0 Å². The third kappa shape index (κ3) is 4.48. The van der Waals surface area contributed by atoms with Gasteiger partial charge in [-0.25, -0.2) is 0 Å². The summed E-state index contributed by atoms with van der Waals surface area (Å²) in [6, 6.07) is 17.0. The van der Waals surface area contributed by atoms with E-state index in [4.69, 9.17) is 15.3 Å². The summed E-state index contributed by atoms with van der Waals surface area (Å²) in [7, 11) is 0. The molecule has 0 saturated carbocycles. The SMILES string of the molecule is CC.N#COc1ccc(Cc2ccc(C#N)cc2)cc1. The summed E-state index contributed by atoms with van der Waals surface area (Å²) in [4.78, 5) is 0. The standard InChI is InChI=1S/C15H10N2O.C2H6/c16-10-14-3-1-12(2-4-14)9-13-5-7-15(8-6-13)18-11-17;1-2/h1-8H,9H2;1-2H3. The average molecular weight is 264 g/mol. The molecule has 0 N–H and O–H groups in total. The van der Waals surface area contributed by atoms with Gasteiger partial charge in [-0.15, -0.1) is 5.26 Å². The van der Waals surface area contributed by atoms with Gasteiger partial charge in [-0.2, -0.15) is 5.26 Å². The summed E-state index contributed by atoms with van der Waals surface area (Å²) in [5, 5.41) is 17.1. The molecule has 0 heterocycles. The van der Waals surface area contributed by atoms with Crippen LogP contribution in [0.1, 0.15) is 30.5 Å². The molecule has 20 heavy (non-hydrogen) atoms. The molecule has 0 radical (unpaired) electrons. The summed E-state index contributed by atoms with van der Waals surface area (Å²) in [6.45, 7) is 4.00. The predicted octanol–water partition coefficient (Wildman–Crippen LogP) is 4.04. The van der Waals surface area contributed by atoms with Gasteiger partial charge in [0.05, 0.1) is 11.6 Å². The molecular formula is C17H16N2O. The van der Waals surface area contributed by atoms with Crippen molar-refractivity contribution in [3.8, 4) is 18.1 Å². The molecule has 2 rings (SSSR count). The summed E-state index contributed by atoms with van der Waals surface area (Å²) < 4.78 is 4.71. The number of rotatable bonds is 3. The molecule has 2 aromatic rings. The molecule has 0 amide bonds. The van der Waals surface area contributed by atoms with Gasteiger partial charge in [-0.1, -0.05) is 38.1 Å². The van der Waals surface area contributed by atoms with Gasteiger partial charge >= 0.3 is 0 Å². The Morgan fingerprint density at radius 3 is 1.80 bits per heavy atom. The normalized spacial score (nSPS) is 8.60. The maximum absolute atomic E-state index is 8.71. The van der Waals surface area contributed by atoms with Crippen LogP contribution in [0, 0.1) is 22.8 Å². The zero-order chi connectivity index (χ0) is 14.8. The van der Waals surface area contributed by atoms with Crippen LogP contribution < -0.4 is 4.74 Å². The van der Waals surface area contributed by atoms with Gasteiger partial charge in [-0.3, -0.25) is 0 Å². The van der Waals surface area contributed by atoms with Gasteiger partial charge in [0.25, 0.3) is 6.26 Å². The second-order valence-electron chi connectivity index (χ2n) is 3.82. The highest BCUT2D eigenvalue weighted by molar-refractivity contribution is 5.35. The molecule has 0 bridgehead atoms. The Bertz CT molecular complexity index is 601. The fourth-order valence-corrected chi connectivity index (χ4v) is 1.66. The van der Waals surface area contributed by atoms with Crippen molar-refractivity contribution >= 4 is 0 Å². The van der Waals surface area contributed by atoms with E-state index in [0.29, 0.717) is 11.3 Å². The Kier molecular flexibility index (Phi) is 6.37. The number of nitriles is 2. The van der Waals surface area contributed by atoms with E-state index < -0.39 is 0 Å². The average Bonchev–Trinajstić information content (AvgIpc) is 2.52. The number of benzene rings is 2. The molecule has 0 spiro atoms. The number of nitrogens with zero attached hydrogens (tertiary/aromatic N) is 2. The molecular weight excluding hydrogens is 248 g/mol. The highest BCUT2D eigenvalue weighted by Gasteiger charge is 1.98. The maximum atomic E-state index is 8.71. The van der Waals surface area contributed by atoms with E-state index in [1.54, 1.807) is 18.4 Å². The van der Waals surface area contributed by atoms with Crippen LogP contribution in [0.15, 0.2) is 48.5 Å². The van der Waals surface area contributed by atoms with Crippen molar-refractivity contribution in [2.45, 2.75) is 20.3 Å². The van der Waals surface area contributed by atoms with E-state index in [0.717, 1.165) is 17.5 Å². The molecule has 3 heteroatoms. The lowest BCUT2D eigenvalue weighted by atomic mass is 10.0. The van der Waals surface area contributed by atoms with Gasteiger partial charge in [0.15, 0.2) is 0 Å². The second-order valence-corrected chi connectivity index (χ2v) is 3.82.